The van der Waals surface area contributed by atoms with E-state index < -0.39 is 0 Å². The summed E-state index contributed by atoms with van der Waals surface area (Å²) in [5.74, 6) is 3.64. The molecule has 2 aliphatic heterocycles. The van der Waals surface area contributed by atoms with Crippen molar-refractivity contribution in [3.05, 3.63) is 22.8 Å². The minimum atomic E-state index is -0.111. The van der Waals surface area contributed by atoms with Crippen molar-refractivity contribution in [1.82, 2.24) is 5.32 Å². The molecule has 2 heterocycles. The molecule has 4 fully saturated rings. The van der Waals surface area contributed by atoms with Crippen LogP contribution in [0, 0.1) is 35.0 Å². The van der Waals surface area contributed by atoms with Crippen LogP contribution in [0.1, 0.15) is 79.1 Å². The molecule has 6 aliphatic rings. The average Bonchev–Trinajstić information content (AvgIpc) is 3.23. The standard InChI is InChI=1S/C27H41NO2/c1-15-11-24-25(28-14-15)17(3)27(30-24)10-8-20-21-6-5-18-12-19(29)7-9-26(18,4)23(21)13-22(20)16(27)2/h5,15,17,19-21,23-25,28-29H,6-14H2,1-4H3/t15-,17+,19?,20-,21?,23-,24+,25?,26-,27-/m0/s1. The molecule has 3 nitrogen and oxygen atoms in total. The van der Waals surface area contributed by atoms with Crippen molar-refractivity contribution in [1.29, 1.82) is 0 Å². The first-order chi connectivity index (χ1) is 14.3. The maximum atomic E-state index is 10.3. The summed E-state index contributed by atoms with van der Waals surface area (Å²) < 4.78 is 7.03. The fraction of sp³-hybridized carbons (Fsp3) is 0.852. The molecule has 0 radical (unpaired) electrons. The first-order valence-corrected chi connectivity index (χ1v) is 12.8. The Balaban J connectivity index is 1.34. The zero-order valence-corrected chi connectivity index (χ0v) is 19.4. The van der Waals surface area contributed by atoms with Crippen molar-refractivity contribution >= 4 is 0 Å². The van der Waals surface area contributed by atoms with Crippen LogP contribution in [0.3, 0.4) is 0 Å². The molecular formula is C27H41NO2. The van der Waals surface area contributed by atoms with Crippen molar-refractivity contribution < 1.29 is 9.84 Å². The number of aliphatic hydroxyl groups is 1. The van der Waals surface area contributed by atoms with E-state index in [1.807, 2.05) is 0 Å². The van der Waals surface area contributed by atoms with Crippen molar-refractivity contribution in [2.45, 2.75) is 103 Å². The molecule has 4 aliphatic carbocycles. The monoisotopic (exact) mass is 411 g/mol. The molecule has 2 N–H and O–H groups in total. The Hall–Kier alpha value is -0.640. The summed E-state index contributed by atoms with van der Waals surface area (Å²) in [6.45, 7) is 10.9. The van der Waals surface area contributed by atoms with E-state index in [0.717, 1.165) is 43.1 Å². The Morgan fingerprint density at radius 3 is 2.83 bits per heavy atom. The Morgan fingerprint density at radius 1 is 1.17 bits per heavy atom. The van der Waals surface area contributed by atoms with Gasteiger partial charge in [-0.15, -0.1) is 0 Å². The van der Waals surface area contributed by atoms with Gasteiger partial charge in [0.1, 0.15) is 0 Å². The predicted molar refractivity (Wildman–Crippen MR) is 120 cm³/mol. The lowest BCUT2D eigenvalue weighted by molar-refractivity contribution is -0.0549. The molecule has 2 saturated carbocycles. The molecule has 6 rings (SSSR count). The highest BCUT2D eigenvalue weighted by molar-refractivity contribution is 5.38. The highest BCUT2D eigenvalue weighted by Gasteiger charge is 2.60. The van der Waals surface area contributed by atoms with Crippen molar-refractivity contribution in [3.8, 4) is 0 Å². The zero-order chi connectivity index (χ0) is 20.8. The van der Waals surface area contributed by atoms with Gasteiger partial charge in [0, 0.05) is 12.0 Å². The lowest BCUT2D eigenvalue weighted by Crippen LogP contribution is -2.49. The van der Waals surface area contributed by atoms with Crippen molar-refractivity contribution in [2.24, 2.45) is 35.0 Å². The van der Waals surface area contributed by atoms with Crippen LogP contribution in [0.15, 0.2) is 22.8 Å². The van der Waals surface area contributed by atoms with E-state index in [0.29, 0.717) is 23.5 Å². The number of ether oxygens (including phenoxy) is 1. The molecule has 10 atom stereocenters. The predicted octanol–water partition coefficient (Wildman–Crippen LogP) is 5.00. The van der Waals surface area contributed by atoms with E-state index in [4.69, 9.17) is 4.74 Å². The van der Waals surface area contributed by atoms with Gasteiger partial charge in [-0.3, -0.25) is 0 Å². The fourth-order valence-corrected chi connectivity index (χ4v) is 9.09. The first-order valence-electron chi connectivity index (χ1n) is 12.8. The number of hydrogen-bond donors (Lipinski definition) is 2. The molecule has 1 spiro atoms. The molecule has 0 bridgehead atoms. The van der Waals surface area contributed by atoms with Gasteiger partial charge in [-0.25, -0.2) is 0 Å². The average molecular weight is 412 g/mol. The van der Waals surface area contributed by atoms with Crippen molar-refractivity contribution in [2.75, 3.05) is 6.54 Å². The normalized spacial score (nSPS) is 55.0. The summed E-state index contributed by atoms with van der Waals surface area (Å²) in [5, 5.41) is 14.1. The summed E-state index contributed by atoms with van der Waals surface area (Å²) in [4.78, 5) is 0. The van der Waals surface area contributed by atoms with Crippen LogP contribution in [-0.4, -0.2) is 35.5 Å². The van der Waals surface area contributed by atoms with Gasteiger partial charge in [-0.2, -0.15) is 0 Å². The number of rotatable bonds is 0. The summed E-state index contributed by atoms with van der Waals surface area (Å²) in [5.41, 5.74) is 5.25. The van der Waals surface area contributed by atoms with E-state index in [2.05, 4.69) is 39.1 Å². The second-order valence-corrected chi connectivity index (χ2v) is 12.2. The Labute approximate surface area is 182 Å². The Bertz CT molecular complexity index is 801. The number of piperidine rings is 1. The largest absolute Gasteiger partial charge is 0.393 e. The van der Waals surface area contributed by atoms with Gasteiger partial charge in [0.2, 0.25) is 0 Å². The van der Waals surface area contributed by atoms with Gasteiger partial charge >= 0.3 is 0 Å². The molecule has 3 heteroatoms. The third-order valence-corrected chi connectivity index (χ3v) is 10.9. The molecular weight excluding hydrogens is 370 g/mol. The first kappa shape index (κ1) is 20.0. The van der Waals surface area contributed by atoms with E-state index in [1.165, 1.54) is 38.5 Å². The van der Waals surface area contributed by atoms with Crippen LogP contribution in [0.25, 0.3) is 0 Å². The smallest absolute Gasteiger partial charge is 0.0937 e. The SMILES string of the molecule is CC1=C2C[C@H]3C(CC=C4CC(O)CC[C@@]43C)[C@@H]2CC[C@]12O[C@@H]1C[C@H](C)CNC1[C@H]2C. The third kappa shape index (κ3) is 2.55. The van der Waals surface area contributed by atoms with Crippen LogP contribution >= 0.6 is 0 Å². The minimum Gasteiger partial charge on any atom is -0.393 e. The lowest BCUT2D eigenvalue weighted by atomic mass is 9.56. The molecule has 0 aromatic rings. The maximum Gasteiger partial charge on any atom is 0.0937 e. The number of hydrogen-bond acceptors (Lipinski definition) is 3. The zero-order valence-electron chi connectivity index (χ0n) is 19.4. The van der Waals surface area contributed by atoms with Gasteiger partial charge in [0.15, 0.2) is 0 Å². The molecule has 166 valence electrons. The number of fused-ring (bicyclic) bond motifs is 6. The van der Waals surface area contributed by atoms with Crippen LogP contribution in [-0.2, 0) is 4.74 Å². The summed E-state index contributed by atoms with van der Waals surface area (Å²) in [6.07, 6.45) is 12.2. The molecule has 30 heavy (non-hydrogen) atoms. The summed E-state index contributed by atoms with van der Waals surface area (Å²) >= 11 is 0. The summed E-state index contributed by atoms with van der Waals surface area (Å²) in [6, 6.07) is 0.530. The van der Waals surface area contributed by atoms with Gasteiger partial charge in [0.25, 0.3) is 0 Å². The van der Waals surface area contributed by atoms with Crippen molar-refractivity contribution in [3.63, 3.8) is 0 Å². The minimum absolute atomic E-state index is 0.0222. The lowest BCUT2D eigenvalue weighted by Gasteiger charge is -2.49. The van der Waals surface area contributed by atoms with Crippen LogP contribution in [0.5, 0.6) is 0 Å². The van der Waals surface area contributed by atoms with Gasteiger partial charge in [0.05, 0.1) is 17.8 Å². The second-order valence-electron chi connectivity index (χ2n) is 12.2. The quantitative estimate of drug-likeness (QED) is 0.551. The number of aliphatic hydroxyl groups excluding tert-OH is 1. The molecule has 2 saturated heterocycles. The molecule has 0 aromatic carbocycles. The molecule has 0 amide bonds. The topological polar surface area (TPSA) is 41.5 Å². The Morgan fingerprint density at radius 2 is 2.00 bits per heavy atom. The van der Waals surface area contributed by atoms with Gasteiger partial charge in [-0.1, -0.05) is 38.0 Å². The van der Waals surface area contributed by atoms with Gasteiger partial charge < -0.3 is 15.2 Å². The van der Waals surface area contributed by atoms with Crippen LogP contribution in [0.2, 0.25) is 0 Å². The third-order valence-electron chi connectivity index (χ3n) is 10.9. The highest BCUT2D eigenvalue weighted by atomic mass is 16.5. The van der Waals surface area contributed by atoms with E-state index in [9.17, 15) is 5.11 Å². The van der Waals surface area contributed by atoms with Gasteiger partial charge in [-0.05, 0) is 99.5 Å². The number of allylic oxidation sites excluding steroid dienone is 2. The highest BCUT2D eigenvalue weighted by Crippen LogP contribution is 2.65. The summed E-state index contributed by atoms with van der Waals surface area (Å²) in [7, 11) is 0. The maximum absolute atomic E-state index is 10.3. The molecule has 0 aromatic heterocycles. The fourth-order valence-electron chi connectivity index (χ4n) is 9.09. The van der Waals surface area contributed by atoms with Crippen LogP contribution < -0.4 is 5.32 Å². The van der Waals surface area contributed by atoms with E-state index in [-0.39, 0.29) is 11.7 Å². The van der Waals surface area contributed by atoms with E-state index in [1.54, 1.807) is 16.7 Å². The second kappa shape index (κ2) is 6.68. The van der Waals surface area contributed by atoms with E-state index >= 15 is 0 Å². The molecule has 3 unspecified atom stereocenters. The Kier molecular flexibility index (Phi) is 4.46. The van der Waals surface area contributed by atoms with Crippen LogP contribution in [0.4, 0.5) is 0 Å². The number of nitrogens with one attached hydrogen (secondary N) is 1.